The molecule has 0 spiro atoms. The second kappa shape index (κ2) is 6.80. The molecule has 1 aromatic carbocycles. The maximum Gasteiger partial charge on any atom is 0.345 e. The fraction of sp³-hybridized carbons (Fsp3) is 0.0952. The number of esters is 1. The molecule has 4 rings (SSSR count). The van der Waals surface area contributed by atoms with E-state index in [0.717, 1.165) is 0 Å². The minimum absolute atomic E-state index is 0.0775. The van der Waals surface area contributed by atoms with Gasteiger partial charge in [-0.25, -0.2) is 4.79 Å². The third-order valence-corrected chi connectivity index (χ3v) is 4.20. The molecular weight excluding hydrogens is 330 g/mol. The summed E-state index contributed by atoms with van der Waals surface area (Å²) in [6.07, 6.45) is 9.75. The summed E-state index contributed by atoms with van der Waals surface area (Å²) in [6.45, 7) is 0. The highest BCUT2D eigenvalue weighted by Gasteiger charge is 2.39. The summed E-state index contributed by atoms with van der Waals surface area (Å²) in [7, 11) is 0. The largest absolute Gasteiger partial charge is 0.481 e. The van der Waals surface area contributed by atoms with Crippen molar-refractivity contribution in [3.05, 3.63) is 96.0 Å². The molecule has 0 saturated heterocycles. The van der Waals surface area contributed by atoms with Crippen LogP contribution in [0.5, 0.6) is 0 Å². The molecule has 2 atom stereocenters. The first-order valence-corrected chi connectivity index (χ1v) is 8.22. The number of ether oxygens (including phenoxy) is 2. The van der Waals surface area contributed by atoms with Gasteiger partial charge < -0.3 is 9.47 Å². The highest BCUT2D eigenvalue weighted by molar-refractivity contribution is 6.06. The minimum atomic E-state index is -0.646. The number of nitrogens with zero attached hydrogens (tertiary/aromatic N) is 1. The summed E-state index contributed by atoms with van der Waals surface area (Å²) in [4.78, 5) is 29.4. The van der Waals surface area contributed by atoms with Gasteiger partial charge in [0.15, 0.2) is 5.76 Å². The Bertz CT molecular complexity index is 929. The smallest absolute Gasteiger partial charge is 0.345 e. The van der Waals surface area contributed by atoms with Crippen LogP contribution in [0.4, 0.5) is 0 Å². The molecule has 1 aliphatic carbocycles. The second-order valence-corrected chi connectivity index (χ2v) is 5.90. The first kappa shape index (κ1) is 16.0. The average molecular weight is 345 g/mol. The lowest BCUT2D eigenvalue weighted by atomic mass is 9.89. The number of ketones is 1. The van der Waals surface area contributed by atoms with Crippen molar-refractivity contribution in [2.24, 2.45) is 5.92 Å². The van der Waals surface area contributed by atoms with Crippen LogP contribution in [0.2, 0.25) is 0 Å². The number of Topliss-reactive ketones (excluding diaryl/α,β-unsaturated/α-hetero) is 1. The van der Waals surface area contributed by atoms with Crippen molar-refractivity contribution in [3.63, 3.8) is 0 Å². The van der Waals surface area contributed by atoms with Gasteiger partial charge in [-0.3, -0.25) is 9.78 Å². The Hall–Kier alpha value is -3.47. The van der Waals surface area contributed by atoms with Crippen molar-refractivity contribution >= 4 is 17.5 Å². The molecule has 5 nitrogen and oxygen atoms in total. The Morgan fingerprint density at radius 1 is 1.04 bits per heavy atom. The maximum atomic E-state index is 13.0. The van der Waals surface area contributed by atoms with E-state index in [2.05, 4.69) is 4.98 Å². The molecule has 0 amide bonds. The molecule has 1 aromatic heterocycles. The molecule has 1 aliphatic heterocycles. The quantitative estimate of drug-likeness (QED) is 0.799. The number of hydrogen-bond donors (Lipinski definition) is 0. The van der Waals surface area contributed by atoms with Crippen LogP contribution in [-0.4, -0.2) is 22.8 Å². The second-order valence-electron chi connectivity index (χ2n) is 5.90. The van der Waals surface area contributed by atoms with E-state index < -0.39 is 18.0 Å². The van der Waals surface area contributed by atoms with Crippen molar-refractivity contribution in [1.29, 1.82) is 0 Å². The highest BCUT2D eigenvalue weighted by atomic mass is 16.6. The van der Waals surface area contributed by atoms with E-state index in [1.807, 2.05) is 42.5 Å². The molecule has 128 valence electrons. The molecule has 2 heterocycles. The summed E-state index contributed by atoms with van der Waals surface area (Å²) >= 11 is 0. The minimum Gasteiger partial charge on any atom is -0.481 e. The number of aromatic nitrogens is 1. The molecule has 2 aliphatic rings. The Kier molecular flexibility index (Phi) is 4.19. The Labute approximate surface area is 150 Å². The Morgan fingerprint density at radius 3 is 2.62 bits per heavy atom. The van der Waals surface area contributed by atoms with Crippen molar-refractivity contribution in [3.8, 4) is 0 Å². The zero-order valence-electron chi connectivity index (χ0n) is 13.7. The van der Waals surface area contributed by atoms with E-state index in [1.165, 1.54) is 6.20 Å². The molecule has 26 heavy (non-hydrogen) atoms. The molecule has 0 saturated carbocycles. The SMILES string of the molecule is O=C(OC1=C(c2ccccc2)O[C@@H]2C=CC=C[C@H]2C1=O)c1cccnc1. The first-order chi connectivity index (χ1) is 12.7. The predicted molar refractivity (Wildman–Crippen MR) is 94.7 cm³/mol. The van der Waals surface area contributed by atoms with Gasteiger partial charge in [0.1, 0.15) is 6.10 Å². The van der Waals surface area contributed by atoms with Crippen molar-refractivity contribution in [1.82, 2.24) is 4.98 Å². The summed E-state index contributed by atoms with van der Waals surface area (Å²) < 4.78 is 11.5. The zero-order chi connectivity index (χ0) is 17.9. The highest BCUT2D eigenvalue weighted by Crippen LogP contribution is 2.35. The predicted octanol–water partition coefficient (Wildman–Crippen LogP) is 3.32. The van der Waals surface area contributed by atoms with E-state index >= 15 is 0 Å². The summed E-state index contributed by atoms with van der Waals surface area (Å²) in [5.41, 5.74) is 0.942. The van der Waals surface area contributed by atoms with E-state index in [0.29, 0.717) is 5.56 Å². The van der Waals surface area contributed by atoms with E-state index in [9.17, 15) is 9.59 Å². The fourth-order valence-corrected chi connectivity index (χ4v) is 2.91. The van der Waals surface area contributed by atoms with Gasteiger partial charge >= 0.3 is 5.97 Å². The van der Waals surface area contributed by atoms with Crippen LogP contribution in [0.15, 0.2) is 84.9 Å². The van der Waals surface area contributed by atoms with Gasteiger partial charge in [0.05, 0.1) is 11.5 Å². The van der Waals surface area contributed by atoms with Gasteiger partial charge in [-0.15, -0.1) is 0 Å². The number of rotatable bonds is 3. The lowest BCUT2D eigenvalue weighted by molar-refractivity contribution is -0.124. The van der Waals surface area contributed by atoms with Crippen molar-refractivity contribution in [2.75, 3.05) is 0 Å². The maximum absolute atomic E-state index is 13.0. The molecule has 0 radical (unpaired) electrons. The third-order valence-electron chi connectivity index (χ3n) is 4.20. The van der Waals surface area contributed by atoms with Gasteiger partial charge in [-0.2, -0.15) is 0 Å². The van der Waals surface area contributed by atoms with Gasteiger partial charge in [0, 0.05) is 18.0 Å². The molecular formula is C21H15NO4. The van der Waals surface area contributed by atoms with Gasteiger partial charge in [-0.05, 0) is 18.2 Å². The summed E-state index contributed by atoms with van der Waals surface area (Å²) in [5, 5.41) is 0. The van der Waals surface area contributed by atoms with Gasteiger partial charge in [0.25, 0.3) is 0 Å². The van der Waals surface area contributed by atoms with Crippen LogP contribution in [0, 0.1) is 5.92 Å². The van der Waals surface area contributed by atoms with E-state index in [4.69, 9.17) is 9.47 Å². The van der Waals surface area contributed by atoms with Crippen LogP contribution >= 0.6 is 0 Å². The number of carbonyl (C=O) groups is 2. The number of pyridine rings is 1. The van der Waals surface area contributed by atoms with Crippen LogP contribution in [0.3, 0.4) is 0 Å². The number of benzene rings is 1. The fourth-order valence-electron chi connectivity index (χ4n) is 2.91. The molecule has 0 bridgehead atoms. The molecule has 0 N–H and O–H groups in total. The first-order valence-electron chi connectivity index (χ1n) is 8.22. The lowest BCUT2D eigenvalue weighted by Crippen LogP contribution is -2.36. The summed E-state index contributed by atoms with van der Waals surface area (Å²) in [5.74, 6) is -1.24. The summed E-state index contributed by atoms with van der Waals surface area (Å²) in [6, 6.07) is 12.4. The van der Waals surface area contributed by atoms with Crippen molar-refractivity contribution in [2.45, 2.75) is 6.10 Å². The molecule has 2 aromatic rings. The van der Waals surface area contributed by atoms with Gasteiger partial charge in [0.2, 0.25) is 11.5 Å². The number of fused-ring (bicyclic) bond motifs is 1. The van der Waals surface area contributed by atoms with E-state index in [1.54, 1.807) is 30.5 Å². The number of allylic oxidation sites excluding steroid dienone is 3. The molecule has 5 heteroatoms. The monoisotopic (exact) mass is 345 g/mol. The Balaban J connectivity index is 1.76. The normalized spacial score (nSPS) is 21.2. The van der Waals surface area contributed by atoms with Gasteiger partial charge in [-0.1, -0.05) is 48.6 Å². The van der Waals surface area contributed by atoms with E-state index in [-0.39, 0.29) is 22.9 Å². The number of hydrogen-bond acceptors (Lipinski definition) is 5. The van der Waals surface area contributed by atoms with Crippen LogP contribution < -0.4 is 0 Å². The van der Waals surface area contributed by atoms with Crippen LogP contribution in [0.1, 0.15) is 15.9 Å². The average Bonchev–Trinajstić information content (AvgIpc) is 2.71. The molecule has 0 fully saturated rings. The molecule has 0 unspecified atom stereocenters. The third kappa shape index (κ3) is 2.95. The topological polar surface area (TPSA) is 65.5 Å². The standard InChI is InChI=1S/C21H15NO4/c23-18-16-10-4-5-11-17(16)25-19(14-7-2-1-3-8-14)20(18)26-21(24)15-9-6-12-22-13-15/h1-13,16-17H/t16-,17-/m1/s1. The van der Waals surface area contributed by atoms with Crippen LogP contribution in [0.25, 0.3) is 5.76 Å². The van der Waals surface area contributed by atoms with Crippen LogP contribution in [-0.2, 0) is 14.3 Å². The van der Waals surface area contributed by atoms with Crippen molar-refractivity contribution < 1.29 is 19.1 Å². The zero-order valence-corrected chi connectivity index (χ0v) is 13.7. The lowest BCUT2D eigenvalue weighted by Gasteiger charge is -2.31. The Morgan fingerprint density at radius 2 is 1.85 bits per heavy atom. The number of carbonyl (C=O) groups excluding carboxylic acids is 2.